The number of rotatable bonds is 3. The van der Waals surface area contributed by atoms with E-state index < -0.39 is 6.04 Å². The van der Waals surface area contributed by atoms with Crippen LogP contribution in [-0.4, -0.2) is 11.8 Å². The Labute approximate surface area is 102 Å². The van der Waals surface area contributed by atoms with Crippen molar-refractivity contribution in [3.8, 4) is 0 Å². The normalized spacial score (nSPS) is 13.6. The van der Waals surface area contributed by atoms with Crippen LogP contribution in [0, 0.1) is 5.41 Å². The fourth-order valence-corrected chi connectivity index (χ4v) is 1.62. The van der Waals surface area contributed by atoms with Gasteiger partial charge in [0.2, 0.25) is 0 Å². The van der Waals surface area contributed by atoms with Crippen molar-refractivity contribution in [1.29, 1.82) is 0 Å². The Morgan fingerprint density at radius 2 is 1.94 bits per heavy atom. The van der Waals surface area contributed by atoms with Crippen LogP contribution in [0.2, 0.25) is 5.02 Å². The predicted octanol–water partition coefficient (Wildman–Crippen LogP) is 2.83. The minimum Gasteiger partial charge on any atom is -0.321 e. The molecule has 0 aliphatic rings. The van der Waals surface area contributed by atoms with Gasteiger partial charge in [-0.1, -0.05) is 50.6 Å². The number of halogens is 1. The van der Waals surface area contributed by atoms with Gasteiger partial charge >= 0.3 is 0 Å². The van der Waals surface area contributed by atoms with Crippen molar-refractivity contribution in [3.63, 3.8) is 0 Å². The van der Waals surface area contributed by atoms with Gasteiger partial charge in [-0.3, -0.25) is 4.79 Å². The molecule has 0 amide bonds. The first kappa shape index (κ1) is 13.2. The van der Waals surface area contributed by atoms with Gasteiger partial charge in [-0.2, -0.15) is 0 Å². The van der Waals surface area contributed by atoms with Gasteiger partial charge in [0.1, 0.15) is 0 Å². The van der Waals surface area contributed by atoms with Crippen LogP contribution in [0.5, 0.6) is 0 Å². The molecule has 1 rings (SSSR count). The van der Waals surface area contributed by atoms with Crippen LogP contribution < -0.4 is 5.73 Å². The Kier molecular flexibility index (Phi) is 4.11. The predicted molar refractivity (Wildman–Crippen MR) is 67.6 cm³/mol. The fourth-order valence-electron chi connectivity index (χ4n) is 1.42. The highest BCUT2D eigenvalue weighted by molar-refractivity contribution is 6.31. The minimum absolute atomic E-state index is 0.0283. The largest absolute Gasteiger partial charge is 0.321 e. The third-order valence-corrected chi connectivity index (χ3v) is 2.97. The van der Waals surface area contributed by atoms with Crippen molar-refractivity contribution in [2.24, 2.45) is 11.1 Å². The summed E-state index contributed by atoms with van der Waals surface area (Å²) in [6.45, 7) is 5.88. The lowest BCUT2D eigenvalue weighted by Crippen LogP contribution is -2.43. The molecule has 2 nitrogen and oxygen atoms in total. The standard InChI is InChI=1S/C13H18ClNO/c1-13(2,3)12(15)11(16)8-9-6-4-5-7-10(9)14/h4-7,12H,8,15H2,1-3H3. The molecule has 0 fully saturated rings. The SMILES string of the molecule is CC(C)(C)C(N)C(=O)Cc1ccccc1Cl. The maximum atomic E-state index is 11.9. The highest BCUT2D eigenvalue weighted by atomic mass is 35.5. The van der Waals surface area contributed by atoms with Crippen molar-refractivity contribution in [2.45, 2.75) is 33.2 Å². The van der Waals surface area contributed by atoms with E-state index in [9.17, 15) is 4.79 Å². The molecule has 1 aromatic rings. The van der Waals surface area contributed by atoms with Gasteiger partial charge < -0.3 is 5.73 Å². The number of benzene rings is 1. The first-order chi connectivity index (χ1) is 7.32. The summed E-state index contributed by atoms with van der Waals surface area (Å²) in [5.41, 5.74) is 6.53. The molecule has 0 saturated heterocycles. The van der Waals surface area contributed by atoms with Gasteiger partial charge in [0, 0.05) is 11.4 Å². The molecule has 1 aromatic carbocycles. The Morgan fingerprint density at radius 1 is 1.38 bits per heavy atom. The molecule has 88 valence electrons. The van der Waals surface area contributed by atoms with Crippen LogP contribution >= 0.6 is 11.6 Å². The number of carbonyl (C=O) groups excluding carboxylic acids is 1. The van der Waals surface area contributed by atoms with Gasteiger partial charge in [-0.05, 0) is 17.0 Å². The topological polar surface area (TPSA) is 43.1 Å². The maximum Gasteiger partial charge on any atom is 0.154 e. The first-order valence-corrected chi connectivity index (χ1v) is 5.72. The van der Waals surface area contributed by atoms with Crippen molar-refractivity contribution in [2.75, 3.05) is 0 Å². The van der Waals surface area contributed by atoms with E-state index in [1.54, 1.807) is 6.07 Å². The molecular weight excluding hydrogens is 222 g/mol. The lowest BCUT2D eigenvalue weighted by molar-refractivity contribution is -0.121. The minimum atomic E-state index is -0.455. The van der Waals surface area contributed by atoms with Crippen molar-refractivity contribution in [1.82, 2.24) is 0 Å². The summed E-state index contributed by atoms with van der Waals surface area (Å²) in [4.78, 5) is 11.9. The van der Waals surface area contributed by atoms with E-state index in [1.807, 2.05) is 39.0 Å². The Hall–Kier alpha value is -0.860. The lowest BCUT2D eigenvalue weighted by atomic mass is 9.83. The summed E-state index contributed by atoms with van der Waals surface area (Å²) in [6, 6.07) is 6.91. The molecule has 0 bridgehead atoms. The van der Waals surface area contributed by atoms with Crippen LogP contribution in [0.3, 0.4) is 0 Å². The third-order valence-electron chi connectivity index (χ3n) is 2.60. The van der Waals surface area contributed by atoms with Gasteiger partial charge in [-0.25, -0.2) is 0 Å². The van der Waals surface area contributed by atoms with E-state index in [2.05, 4.69) is 0 Å². The number of Topliss-reactive ketones (excluding diaryl/α,β-unsaturated/α-hetero) is 1. The van der Waals surface area contributed by atoms with E-state index in [0.29, 0.717) is 11.4 Å². The van der Waals surface area contributed by atoms with Gasteiger partial charge in [-0.15, -0.1) is 0 Å². The number of nitrogens with two attached hydrogens (primary N) is 1. The molecular formula is C13H18ClNO. The summed E-state index contributed by atoms with van der Waals surface area (Å²) in [7, 11) is 0. The van der Waals surface area contributed by atoms with Crippen LogP contribution in [0.4, 0.5) is 0 Å². The average Bonchev–Trinajstić information content (AvgIpc) is 2.19. The van der Waals surface area contributed by atoms with Crippen LogP contribution in [0.15, 0.2) is 24.3 Å². The molecule has 16 heavy (non-hydrogen) atoms. The number of carbonyl (C=O) groups is 1. The highest BCUT2D eigenvalue weighted by Gasteiger charge is 2.27. The summed E-state index contributed by atoms with van der Waals surface area (Å²) in [5.74, 6) is 0.0283. The molecule has 0 radical (unpaired) electrons. The average molecular weight is 240 g/mol. The zero-order chi connectivity index (χ0) is 12.3. The molecule has 0 aromatic heterocycles. The van der Waals surface area contributed by atoms with E-state index in [4.69, 9.17) is 17.3 Å². The second kappa shape index (κ2) is 4.98. The highest BCUT2D eigenvalue weighted by Crippen LogP contribution is 2.21. The summed E-state index contributed by atoms with van der Waals surface area (Å²) in [6.07, 6.45) is 0.304. The van der Waals surface area contributed by atoms with Crippen molar-refractivity contribution >= 4 is 17.4 Å². The molecule has 0 spiro atoms. The Balaban J connectivity index is 2.76. The first-order valence-electron chi connectivity index (χ1n) is 5.34. The number of hydrogen-bond donors (Lipinski definition) is 1. The van der Waals surface area contributed by atoms with Gasteiger partial charge in [0.05, 0.1) is 6.04 Å². The second-order valence-corrected chi connectivity index (χ2v) is 5.49. The van der Waals surface area contributed by atoms with Crippen LogP contribution in [0.1, 0.15) is 26.3 Å². The number of hydrogen-bond acceptors (Lipinski definition) is 2. The molecule has 3 heteroatoms. The van der Waals surface area contributed by atoms with Crippen LogP contribution in [-0.2, 0) is 11.2 Å². The smallest absolute Gasteiger partial charge is 0.154 e. The third kappa shape index (κ3) is 3.32. The molecule has 0 saturated carbocycles. The van der Waals surface area contributed by atoms with Gasteiger partial charge in [0.15, 0.2) is 5.78 Å². The van der Waals surface area contributed by atoms with Crippen molar-refractivity contribution < 1.29 is 4.79 Å². The van der Waals surface area contributed by atoms with Gasteiger partial charge in [0.25, 0.3) is 0 Å². The molecule has 2 N–H and O–H groups in total. The summed E-state index contributed by atoms with van der Waals surface area (Å²) < 4.78 is 0. The van der Waals surface area contributed by atoms with E-state index in [-0.39, 0.29) is 11.2 Å². The second-order valence-electron chi connectivity index (χ2n) is 5.08. The summed E-state index contributed by atoms with van der Waals surface area (Å²) >= 11 is 5.99. The monoisotopic (exact) mass is 239 g/mol. The Morgan fingerprint density at radius 3 is 2.44 bits per heavy atom. The zero-order valence-corrected chi connectivity index (χ0v) is 10.7. The zero-order valence-electron chi connectivity index (χ0n) is 9.96. The molecule has 0 aliphatic carbocycles. The molecule has 0 heterocycles. The van der Waals surface area contributed by atoms with E-state index >= 15 is 0 Å². The molecule has 0 aliphatic heterocycles. The lowest BCUT2D eigenvalue weighted by Gasteiger charge is -2.25. The quantitative estimate of drug-likeness (QED) is 0.882. The van der Waals surface area contributed by atoms with Crippen LogP contribution in [0.25, 0.3) is 0 Å². The van der Waals surface area contributed by atoms with Crippen molar-refractivity contribution in [3.05, 3.63) is 34.9 Å². The fraction of sp³-hybridized carbons (Fsp3) is 0.462. The molecule has 1 unspecified atom stereocenters. The van der Waals surface area contributed by atoms with E-state index in [0.717, 1.165) is 5.56 Å². The number of ketones is 1. The Bertz CT molecular complexity index is 382. The summed E-state index contributed by atoms with van der Waals surface area (Å²) in [5, 5.41) is 0.622. The maximum absolute atomic E-state index is 11.9. The van der Waals surface area contributed by atoms with E-state index in [1.165, 1.54) is 0 Å². The molecule has 1 atom stereocenters.